The molecule has 2 aromatic rings. The van der Waals surface area contributed by atoms with E-state index < -0.39 is 0 Å². The molecule has 2 heterocycles. The van der Waals surface area contributed by atoms with Crippen molar-refractivity contribution in [3.8, 4) is 5.75 Å². The second-order valence-corrected chi connectivity index (χ2v) is 5.71. The largest absolute Gasteiger partial charge is 0.495 e. The average Bonchev–Trinajstić information content (AvgIpc) is 2.94. The van der Waals surface area contributed by atoms with Gasteiger partial charge in [-0.2, -0.15) is 0 Å². The molecule has 1 aliphatic rings. The number of H-pyrrole nitrogens is 1. The Balaban J connectivity index is 1.74. The van der Waals surface area contributed by atoms with Gasteiger partial charge in [0.25, 0.3) is 0 Å². The molecule has 3 rings (SSSR count). The smallest absolute Gasteiger partial charge is 0.242 e. The van der Waals surface area contributed by atoms with Gasteiger partial charge in [-0.3, -0.25) is 10.1 Å². The Kier molecular flexibility index (Phi) is 3.94. The van der Waals surface area contributed by atoms with Crippen molar-refractivity contribution in [2.24, 2.45) is 0 Å². The third-order valence-electron chi connectivity index (χ3n) is 3.47. The van der Waals surface area contributed by atoms with E-state index in [0.29, 0.717) is 24.4 Å². The van der Waals surface area contributed by atoms with Crippen molar-refractivity contribution in [3.63, 3.8) is 0 Å². The molecule has 0 spiro atoms. The predicted octanol–water partition coefficient (Wildman–Crippen LogP) is 1.83. The number of carbonyl (C=O) groups excluding carboxylic acids is 1. The molecule has 0 radical (unpaired) electrons. The molecule has 21 heavy (non-hydrogen) atoms. The van der Waals surface area contributed by atoms with Crippen molar-refractivity contribution >= 4 is 27.5 Å². The summed E-state index contributed by atoms with van der Waals surface area (Å²) < 4.78 is 6.14. The lowest BCUT2D eigenvalue weighted by molar-refractivity contribution is -0.118. The summed E-state index contributed by atoms with van der Waals surface area (Å²) in [4.78, 5) is 19.7. The van der Waals surface area contributed by atoms with Gasteiger partial charge in [-0.1, -0.05) is 15.9 Å². The first-order valence-electron chi connectivity index (χ1n) is 6.56. The van der Waals surface area contributed by atoms with Gasteiger partial charge >= 0.3 is 0 Å². The SMILES string of the molecule is COc1ccc(Br)cc1NC(=O)C1Cc2nc[nH]c2CN1. The lowest BCUT2D eigenvalue weighted by atomic mass is 10.0. The number of halogens is 1. The van der Waals surface area contributed by atoms with E-state index >= 15 is 0 Å². The number of imidazole rings is 1. The number of methoxy groups -OCH3 is 1. The third kappa shape index (κ3) is 2.93. The molecule has 0 aliphatic carbocycles. The maximum atomic E-state index is 12.4. The van der Waals surface area contributed by atoms with Crippen LogP contribution < -0.4 is 15.4 Å². The van der Waals surface area contributed by atoms with Crippen molar-refractivity contribution in [2.75, 3.05) is 12.4 Å². The molecule has 1 aromatic heterocycles. The quantitative estimate of drug-likeness (QED) is 0.789. The van der Waals surface area contributed by atoms with Gasteiger partial charge in [0.2, 0.25) is 5.91 Å². The van der Waals surface area contributed by atoms with Crippen molar-refractivity contribution < 1.29 is 9.53 Å². The summed E-state index contributed by atoms with van der Waals surface area (Å²) in [7, 11) is 1.58. The first kappa shape index (κ1) is 14.1. The maximum Gasteiger partial charge on any atom is 0.242 e. The summed E-state index contributed by atoms with van der Waals surface area (Å²) in [5.74, 6) is 0.530. The van der Waals surface area contributed by atoms with Gasteiger partial charge in [0.1, 0.15) is 5.75 Å². The number of amides is 1. The molecule has 110 valence electrons. The van der Waals surface area contributed by atoms with E-state index in [2.05, 4.69) is 36.5 Å². The molecule has 1 aromatic carbocycles. The van der Waals surface area contributed by atoms with Crippen LogP contribution >= 0.6 is 15.9 Å². The zero-order chi connectivity index (χ0) is 14.8. The summed E-state index contributed by atoms with van der Waals surface area (Å²) in [5, 5.41) is 6.10. The van der Waals surface area contributed by atoms with Crippen molar-refractivity contribution in [1.29, 1.82) is 0 Å². The highest BCUT2D eigenvalue weighted by Gasteiger charge is 2.26. The number of anilines is 1. The first-order chi connectivity index (χ1) is 10.2. The van der Waals surface area contributed by atoms with Crippen molar-refractivity contribution in [3.05, 3.63) is 40.4 Å². The molecule has 1 aliphatic heterocycles. The normalized spacial score (nSPS) is 17.1. The highest BCUT2D eigenvalue weighted by Crippen LogP contribution is 2.28. The zero-order valence-electron chi connectivity index (χ0n) is 11.4. The van der Waals surface area contributed by atoms with Gasteiger partial charge in [-0.05, 0) is 18.2 Å². The number of hydrogen-bond donors (Lipinski definition) is 3. The summed E-state index contributed by atoms with van der Waals surface area (Å²) in [6, 6.07) is 5.19. The van der Waals surface area contributed by atoms with Gasteiger partial charge in [0, 0.05) is 17.4 Å². The van der Waals surface area contributed by atoms with Crippen molar-refractivity contribution in [2.45, 2.75) is 19.0 Å². The molecular formula is C14H15BrN4O2. The third-order valence-corrected chi connectivity index (χ3v) is 3.96. The Bertz CT molecular complexity index is 671. The lowest BCUT2D eigenvalue weighted by Crippen LogP contribution is -2.44. The topological polar surface area (TPSA) is 79.0 Å². The molecule has 0 fully saturated rings. The molecule has 0 bridgehead atoms. The Morgan fingerprint density at radius 1 is 1.52 bits per heavy atom. The Labute approximate surface area is 130 Å². The Morgan fingerprint density at radius 2 is 2.38 bits per heavy atom. The molecular weight excluding hydrogens is 336 g/mol. The number of aromatic nitrogens is 2. The van der Waals surface area contributed by atoms with Gasteiger partial charge in [-0.15, -0.1) is 0 Å². The van der Waals surface area contributed by atoms with Crippen LogP contribution in [0.4, 0.5) is 5.69 Å². The van der Waals surface area contributed by atoms with Crippen LogP contribution in [0.15, 0.2) is 29.0 Å². The van der Waals surface area contributed by atoms with Crippen LogP contribution in [0.1, 0.15) is 11.4 Å². The number of ether oxygens (including phenoxy) is 1. The molecule has 3 N–H and O–H groups in total. The number of nitrogens with one attached hydrogen (secondary N) is 3. The summed E-state index contributed by atoms with van der Waals surface area (Å²) in [5.41, 5.74) is 2.63. The molecule has 6 nitrogen and oxygen atoms in total. The number of rotatable bonds is 3. The van der Waals surface area contributed by atoms with E-state index in [1.54, 1.807) is 19.5 Å². The lowest BCUT2D eigenvalue weighted by Gasteiger charge is -2.22. The second kappa shape index (κ2) is 5.87. The fourth-order valence-electron chi connectivity index (χ4n) is 2.35. The summed E-state index contributed by atoms with van der Waals surface area (Å²) in [6.45, 7) is 0.614. The van der Waals surface area contributed by atoms with Gasteiger partial charge in [0.15, 0.2) is 0 Å². The van der Waals surface area contributed by atoms with Crippen LogP contribution in [0.3, 0.4) is 0 Å². The first-order valence-corrected chi connectivity index (χ1v) is 7.35. The maximum absolute atomic E-state index is 12.4. The Hall–Kier alpha value is -1.86. The van der Waals surface area contributed by atoms with Crippen LogP contribution in [0.2, 0.25) is 0 Å². The van der Waals surface area contributed by atoms with Crippen LogP contribution in [0.25, 0.3) is 0 Å². The van der Waals surface area contributed by atoms with Crippen LogP contribution in [-0.2, 0) is 17.8 Å². The van der Waals surface area contributed by atoms with Crippen LogP contribution in [0.5, 0.6) is 5.75 Å². The van der Waals surface area contributed by atoms with Crippen molar-refractivity contribution in [1.82, 2.24) is 15.3 Å². The van der Waals surface area contributed by atoms with Gasteiger partial charge in [-0.25, -0.2) is 4.98 Å². The van der Waals surface area contributed by atoms with E-state index in [0.717, 1.165) is 15.9 Å². The highest BCUT2D eigenvalue weighted by atomic mass is 79.9. The standard InChI is InChI=1S/C14H15BrN4O2/c1-21-13-3-2-8(15)4-10(13)19-14(20)11-5-9-12(6-16-11)18-7-17-9/h2-4,7,11,16H,5-6H2,1H3,(H,17,18)(H,19,20). The minimum absolute atomic E-state index is 0.0972. The van der Waals surface area contributed by atoms with Crippen LogP contribution in [0, 0.1) is 0 Å². The fraction of sp³-hybridized carbons (Fsp3) is 0.286. The fourth-order valence-corrected chi connectivity index (χ4v) is 2.71. The van der Waals surface area contributed by atoms with E-state index in [9.17, 15) is 4.79 Å². The monoisotopic (exact) mass is 350 g/mol. The van der Waals surface area contributed by atoms with E-state index in [-0.39, 0.29) is 11.9 Å². The number of nitrogens with zero attached hydrogens (tertiary/aromatic N) is 1. The van der Waals surface area contributed by atoms with E-state index in [4.69, 9.17) is 4.74 Å². The zero-order valence-corrected chi connectivity index (χ0v) is 13.0. The Morgan fingerprint density at radius 3 is 3.19 bits per heavy atom. The number of hydrogen-bond acceptors (Lipinski definition) is 4. The molecule has 0 saturated carbocycles. The molecule has 0 saturated heterocycles. The summed E-state index contributed by atoms with van der Waals surface area (Å²) >= 11 is 3.39. The van der Waals surface area contributed by atoms with Crippen LogP contribution in [-0.4, -0.2) is 29.0 Å². The molecule has 7 heteroatoms. The highest BCUT2D eigenvalue weighted by molar-refractivity contribution is 9.10. The minimum atomic E-state index is -0.301. The molecule has 1 atom stereocenters. The number of aromatic amines is 1. The van der Waals surface area contributed by atoms with Gasteiger partial charge < -0.3 is 15.0 Å². The number of benzene rings is 1. The minimum Gasteiger partial charge on any atom is -0.495 e. The average molecular weight is 351 g/mol. The van der Waals surface area contributed by atoms with E-state index in [1.807, 2.05) is 12.1 Å². The van der Waals surface area contributed by atoms with E-state index in [1.165, 1.54) is 0 Å². The molecule has 1 amide bonds. The van der Waals surface area contributed by atoms with Gasteiger partial charge in [0.05, 0.1) is 36.6 Å². The number of fused-ring (bicyclic) bond motifs is 1. The number of carbonyl (C=O) groups is 1. The second-order valence-electron chi connectivity index (χ2n) is 4.80. The summed E-state index contributed by atoms with van der Waals surface area (Å²) in [6.07, 6.45) is 2.23. The predicted molar refractivity (Wildman–Crippen MR) is 82.2 cm³/mol. The molecule has 1 unspecified atom stereocenters.